The molecule has 0 saturated carbocycles. The van der Waals surface area contributed by atoms with Gasteiger partial charge in [0.05, 0.1) is 6.54 Å². The lowest BCUT2D eigenvalue weighted by Crippen LogP contribution is -2.38. The van der Waals surface area contributed by atoms with Crippen LogP contribution < -0.4 is 4.57 Å². The highest BCUT2D eigenvalue weighted by molar-refractivity contribution is 5.85. The predicted molar refractivity (Wildman–Crippen MR) is 106 cm³/mol. The summed E-state index contributed by atoms with van der Waals surface area (Å²) in [7, 11) is 0. The van der Waals surface area contributed by atoms with E-state index in [2.05, 4.69) is 11.9 Å². The van der Waals surface area contributed by atoms with Gasteiger partial charge in [-0.1, -0.05) is 58.3 Å². The van der Waals surface area contributed by atoms with Crippen LogP contribution in [0.15, 0.2) is 18.3 Å². The summed E-state index contributed by atoms with van der Waals surface area (Å²) >= 11 is 0. The van der Waals surface area contributed by atoms with E-state index in [1.54, 1.807) is 6.20 Å². The fourth-order valence-corrected chi connectivity index (χ4v) is 3.03. The second-order valence-corrected chi connectivity index (χ2v) is 6.78. The van der Waals surface area contributed by atoms with E-state index in [1.807, 2.05) is 4.57 Å². The van der Waals surface area contributed by atoms with Crippen LogP contribution in [0.2, 0.25) is 0 Å². The zero-order valence-corrected chi connectivity index (χ0v) is 16.3. The van der Waals surface area contributed by atoms with Crippen LogP contribution in [0.1, 0.15) is 82.7 Å². The quantitative estimate of drug-likeness (QED) is 0.240. The van der Waals surface area contributed by atoms with E-state index in [9.17, 15) is 9.59 Å². The van der Waals surface area contributed by atoms with Crippen molar-refractivity contribution in [2.24, 2.45) is 0 Å². The van der Waals surface area contributed by atoms with Crippen LogP contribution in [0, 0.1) is 0 Å². The molecule has 1 aromatic heterocycles. The number of nitrogens with one attached hydrogen (secondary N) is 1. The molecular weight excluding hydrogens is 344 g/mol. The normalized spacial score (nSPS) is 11.6. The SMILES string of the molecule is CCCCCCCCCCCC[n+]1c(C=CC(=O)O)c[nH]c1C=CC(=O)O. The summed E-state index contributed by atoms with van der Waals surface area (Å²) in [6.45, 7) is 2.95. The molecular formula is C21H33N2O4+. The van der Waals surface area contributed by atoms with Gasteiger partial charge in [0.25, 0.3) is 5.82 Å². The largest absolute Gasteiger partial charge is 0.478 e. The summed E-state index contributed by atoms with van der Waals surface area (Å²) in [5.74, 6) is -1.37. The maximum atomic E-state index is 10.8. The highest BCUT2D eigenvalue weighted by Gasteiger charge is 2.14. The van der Waals surface area contributed by atoms with Crippen molar-refractivity contribution in [1.82, 2.24) is 4.98 Å². The number of nitrogens with zero attached hydrogens (tertiary/aromatic N) is 1. The van der Waals surface area contributed by atoms with Crippen molar-refractivity contribution in [3.63, 3.8) is 0 Å². The van der Waals surface area contributed by atoms with E-state index in [0.717, 1.165) is 37.2 Å². The molecule has 0 bridgehead atoms. The molecule has 0 aliphatic carbocycles. The zero-order valence-electron chi connectivity index (χ0n) is 16.3. The molecule has 0 spiro atoms. The molecule has 27 heavy (non-hydrogen) atoms. The van der Waals surface area contributed by atoms with Crippen LogP contribution in [0.3, 0.4) is 0 Å². The minimum atomic E-state index is -1.02. The monoisotopic (exact) mass is 377 g/mol. The summed E-state index contributed by atoms with van der Waals surface area (Å²) in [4.78, 5) is 24.5. The maximum absolute atomic E-state index is 10.8. The average molecular weight is 378 g/mol. The molecule has 0 aromatic carbocycles. The van der Waals surface area contributed by atoms with Gasteiger partial charge in [0.1, 0.15) is 6.20 Å². The zero-order chi connectivity index (χ0) is 19.9. The Morgan fingerprint density at radius 1 is 0.889 bits per heavy atom. The lowest BCUT2D eigenvalue weighted by Gasteiger charge is -2.03. The number of carboxylic acid groups (broad SMARTS) is 2. The second-order valence-electron chi connectivity index (χ2n) is 6.78. The summed E-state index contributed by atoms with van der Waals surface area (Å²) in [5, 5.41) is 17.6. The van der Waals surface area contributed by atoms with Gasteiger partial charge in [0.2, 0.25) is 0 Å². The van der Waals surface area contributed by atoms with Crippen molar-refractivity contribution in [1.29, 1.82) is 0 Å². The number of unbranched alkanes of at least 4 members (excludes halogenated alkanes) is 9. The molecule has 0 amide bonds. The number of aromatic amines is 1. The standard InChI is InChI=1S/C21H32N2O4/c1-2-3-4-5-6-7-8-9-10-11-16-23-18(12-14-20(24)25)17-22-19(23)13-15-21(26)27/h12-15,17H,2-11,16H2,1H3,(H2,24,25,26,27)/p+1. The van der Waals surface area contributed by atoms with E-state index in [4.69, 9.17) is 10.2 Å². The van der Waals surface area contributed by atoms with Crippen LogP contribution in [0.25, 0.3) is 12.2 Å². The summed E-state index contributed by atoms with van der Waals surface area (Å²) < 4.78 is 1.92. The minimum absolute atomic E-state index is 0.651. The molecule has 0 fully saturated rings. The third-order valence-corrected chi connectivity index (χ3v) is 4.49. The van der Waals surface area contributed by atoms with Crippen LogP contribution in [-0.4, -0.2) is 27.1 Å². The first-order chi connectivity index (χ1) is 13.0. The average Bonchev–Trinajstić information content (AvgIpc) is 3.01. The number of aromatic nitrogens is 2. The van der Waals surface area contributed by atoms with Gasteiger partial charge in [-0.2, -0.15) is 0 Å². The van der Waals surface area contributed by atoms with Gasteiger partial charge in [-0.3, -0.25) is 0 Å². The topological polar surface area (TPSA) is 94.3 Å². The first-order valence-electron chi connectivity index (χ1n) is 9.97. The number of H-pyrrole nitrogens is 1. The highest BCUT2D eigenvalue weighted by Crippen LogP contribution is 2.11. The smallest absolute Gasteiger partial charge is 0.328 e. The Morgan fingerprint density at radius 3 is 1.96 bits per heavy atom. The second kappa shape index (κ2) is 13.8. The summed E-state index contributed by atoms with van der Waals surface area (Å²) in [6.07, 6.45) is 19.3. The molecule has 1 heterocycles. The third kappa shape index (κ3) is 10.4. The molecule has 6 nitrogen and oxygen atoms in total. The van der Waals surface area contributed by atoms with E-state index in [0.29, 0.717) is 5.82 Å². The van der Waals surface area contributed by atoms with Gasteiger partial charge in [-0.05, 0) is 18.9 Å². The van der Waals surface area contributed by atoms with Crippen LogP contribution in [0.4, 0.5) is 0 Å². The number of aliphatic carboxylic acids is 2. The Bertz CT molecular complexity index is 591. The summed E-state index contributed by atoms with van der Waals surface area (Å²) in [6, 6.07) is 0. The third-order valence-electron chi connectivity index (χ3n) is 4.49. The van der Waals surface area contributed by atoms with Gasteiger partial charge in [0.15, 0.2) is 5.69 Å². The van der Waals surface area contributed by atoms with Crippen molar-refractivity contribution < 1.29 is 24.4 Å². The number of hydrogen-bond donors (Lipinski definition) is 3. The molecule has 0 aliphatic heterocycles. The van der Waals surface area contributed by atoms with Gasteiger partial charge >= 0.3 is 11.9 Å². The Morgan fingerprint density at radius 2 is 1.41 bits per heavy atom. The Balaban J connectivity index is 2.45. The summed E-state index contributed by atoms with van der Waals surface area (Å²) in [5.41, 5.74) is 0.721. The van der Waals surface area contributed by atoms with Gasteiger partial charge in [-0.25, -0.2) is 19.1 Å². The number of rotatable bonds is 15. The fraction of sp³-hybridized carbons (Fsp3) is 0.571. The van der Waals surface area contributed by atoms with Crippen LogP contribution >= 0.6 is 0 Å². The Labute approximate surface area is 161 Å². The lowest BCUT2D eigenvalue weighted by molar-refractivity contribution is -0.699. The van der Waals surface area contributed by atoms with E-state index in [-0.39, 0.29) is 0 Å². The van der Waals surface area contributed by atoms with Crippen LogP contribution in [-0.2, 0) is 16.1 Å². The molecule has 0 saturated heterocycles. The first-order valence-corrected chi connectivity index (χ1v) is 9.97. The van der Waals surface area contributed by atoms with Crippen molar-refractivity contribution in [3.8, 4) is 0 Å². The lowest BCUT2D eigenvalue weighted by atomic mass is 10.1. The number of hydrogen-bond acceptors (Lipinski definition) is 2. The number of imidazole rings is 1. The molecule has 3 N–H and O–H groups in total. The van der Waals surface area contributed by atoms with Crippen molar-refractivity contribution in [2.75, 3.05) is 0 Å². The molecule has 6 heteroatoms. The van der Waals surface area contributed by atoms with Gasteiger partial charge < -0.3 is 10.2 Å². The van der Waals surface area contributed by atoms with Gasteiger partial charge in [0, 0.05) is 18.2 Å². The Hall–Kier alpha value is -2.37. The van der Waals surface area contributed by atoms with Crippen molar-refractivity contribution in [3.05, 3.63) is 29.9 Å². The maximum Gasteiger partial charge on any atom is 0.328 e. The molecule has 150 valence electrons. The fourth-order valence-electron chi connectivity index (χ4n) is 3.03. The highest BCUT2D eigenvalue weighted by atomic mass is 16.4. The minimum Gasteiger partial charge on any atom is -0.478 e. The number of carbonyl (C=O) groups is 2. The van der Waals surface area contributed by atoms with Crippen molar-refractivity contribution in [2.45, 2.75) is 77.7 Å². The van der Waals surface area contributed by atoms with E-state index in [1.165, 1.54) is 63.5 Å². The van der Waals surface area contributed by atoms with Crippen LogP contribution in [0.5, 0.6) is 0 Å². The van der Waals surface area contributed by atoms with E-state index >= 15 is 0 Å². The van der Waals surface area contributed by atoms with Crippen molar-refractivity contribution >= 4 is 24.1 Å². The molecule has 1 rings (SSSR count). The first kappa shape index (κ1) is 22.7. The van der Waals surface area contributed by atoms with E-state index < -0.39 is 11.9 Å². The molecule has 0 aliphatic rings. The number of carboxylic acids is 2. The Kier molecular flexibility index (Phi) is 11.6. The molecule has 1 aromatic rings. The molecule has 0 radical (unpaired) electrons. The predicted octanol–water partition coefficient (Wildman–Crippen LogP) is 4.42. The molecule has 0 atom stereocenters. The van der Waals surface area contributed by atoms with Gasteiger partial charge in [-0.15, -0.1) is 0 Å². The molecule has 0 unspecified atom stereocenters.